The Morgan fingerprint density at radius 3 is 2.27 bits per heavy atom. The van der Waals surface area contributed by atoms with Crippen molar-refractivity contribution in [2.75, 3.05) is 5.73 Å². The summed E-state index contributed by atoms with van der Waals surface area (Å²) in [5, 5.41) is 0. The van der Waals surface area contributed by atoms with Crippen LogP contribution in [0, 0.1) is 11.8 Å². The summed E-state index contributed by atoms with van der Waals surface area (Å²) >= 11 is 0. The first kappa shape index (κ1) is 10.5. The van der Waals surface area contributed by atoms with E-state index >= 15 is 0 Å². The van der Waals surface area contributed by atoms with Crippen LogP contribution >= 0.6 is 0 Å². The molecular formula is C14H21N. The molecule has 0 aromatic heterocycles. The number of benzene rings is 1. The molecule has 2 N–H and O–H groups in total. The van der Waals surface area contributed by atoms with Crippen LogP contribution in [0.5, 0.6) is 0 Å². The minimum absolute atomic E-state index is 0.761. The van der Waals surface area contributed by atoms with Gasteiger partial charge in [0.15, 0.2) is 0 Å². The Morgan fingerprint density at radius 2 is 1.67 bits per heavy atom. The largest absolute Gasteiger partial charge is 0.399 e. The van der Waals surface area contributed by atoms with Crippen LogP contribution in [0.3, 0.4) is 0 Å². The van der Waals surface area contributed by atoms with Crippen molar-refractivity contribution in [3.05, 3.63) is 29.8 Å². The lowest BCUT2D eigenvalue weighted by Gasteiger charge is -2.32. The molecule has 0 heterocycles. The second kappa shape index (κ2) is 4.26. The fourth-order valence-corrected chi connectivity index (χ4v) is 2.62. The smallest absolute Gasteiger partial charge is 0.0314 e. The molecule has 1 aromatic carbocycles. The summed E-state index contributed by atoms with van der Waals surface area (Å²) in [7, 11) is 0. The second-order valence-corrected chi connectivity index (χ2v) is 5.13. The van der Waals surface area contributed by atoms with Gasteiger partial charge in [-0.15, -0.1) is 0 Å². The molecule has 15 heavy (non-hydrogen) atoms. The van der Waals surface area contributed by atoms with E-state index in [1.54, 1.807) is 0 Å². The molecule has 0 amide bonds. The van der Waals surface area contributed by atoms with Gasteiger partial charge in [0, 0.05) is 5.69 Å². The van der Waals surface area contributed by atoms with Gasteiger partial charge in [0.25, 0.3) is 0 Å². The molecule has 0 unspecified atom stereocenters. The van der Waals surface area contributed by atoms with Crippen molar-refractivity contribution < 1.29 is 0 Å². The number of hydrogen-bond acceptors (Lipinski definition) is 1. The lowest BCUT2D eigenvalue weighted by molar-refractivity contribution is 0.250. The summed E-state index contributed by atoms with van der Waals surface area (Å²) in [4.78, 5) is 0. The average molecular weight is 203 g/mol. The lowest BCUT2D eigenvalue weighted by Crippen LogP contribution is -2.19. The molecule has 0 bridgehead atoms. The summed E-state index contributed by atoms with van der Waals surface area (Å²) in [6.07, 6.45) is 4.05. The van der Waals surface area contributed by atoms with Crippen molar-refractivity contribution >= 4 is 5.69 Å². The Bertz CT molecular complexity index is 315. The first-order valence-electron chi connectivity index (χ1n) is 6.02. The van der Waals surface area contributed by atoms with Gasteiger partial charge in [-0.1, -0.05) is 26.0 Å². The highest BCUT2D eigenvalue weighted by Crippen LogP contribution is 2.39. The molecule has 2 rings (SSSR count). The van der Waals surface area contributed by atoms with E-state index in [1.165, 1.54) is 24.8 Å². The molecule has 82 valence electrons. The molecule has 1 heteroatoms. The minimum Gasteiger partial charge on any atom is -0.399 e. The van der Waals surface area contributed by atoms with Crippen LogP contribution < -0.4 is 5.73 Å². The second-order valence-electron chi connectivity index (χ2n) is 5.13. The Kier molecular flexibility index (Phi) is 2.99. The third-order valence-electron chi connectivity index (χ3n) is 4.01. The van der Waals surface area contributed by atoms with Gasteiger partial charge in [-0.3, -0.25) is 0 Å². The summed E-state index contributed by atoms with van der Waals surface area (Å²) in [5.74, 6) is 2.52. The molecule has 0 saturated heterocycles. The molecule has 1 aliphatic carbocycles. The van der Waals surface area contributed by atoms with Crippen molar-refractivity contribution in [2.45, 2.75) is 39.0 Å². The number of anilines is 1. The van der Waals surface area contributed by atoms with Crippen LogP contribution in [-0.2, 0) is 0 Å². The third kappa shape index (κ3) is 2.34. The van der Waals surface area contributed by atoms with Gasteiger partial charge in [-0.25, -0.2) is 0 Å². The maximum Gasteiger partial charge on any atom is 0.0314 e. The molecule has 0 spiro atoms. The SMILES string of the molecule is C[C@@H]1CC[C@@H](c2ccc(N)cc2)C[C@@H]1C. The van der Waals surface area contributed by atoms with Gasteiger partial charge in [-0.2, -0.15) is 0 Å². The van der Waals surface area contributed by atoms with E-state index < -0.39 is 0 Å². The van der Waals surface area contributed by atoms with Crippen molar-refractivity contribution in [3.63, 3.8) is 0 Å². The third-order valence-corrected chi connectivity index (χ3v) is 4.01. The molecule has 1 nitrogen and oxygen atoms in total. The number of nitrogen functional groups attached to an aromatic ring is 1. The molecule has 1 aromatic rings. The Hall–Kier alpha value is -0.980. The Balaban J connectivity index is 2.08. The Morgan fingerprint density at radius 1 is 1.00 bits per heavy atom. The predicted molar refractivity (Wildman–Crippen MR) is 65.8 cm³/mol. The van der Waals surface area contributed by atoms with E-state index in [0.717, 1.165) is 23.4 Å². The van der Waals surface area contributed by atoms with Crippen molar-refractivity contribution in [2.24, 2.45) is 11.8 Å². The van der Waals surface area contributed by atoms with Gasteiger partial charge in [0.05, 0.1) is 0 Å². The van der Waals surface area contributed by atoms with Crippen LogP contribution in [0.4, 0.5) is 5.69 Å². The highest BCUT2D eigenvalue weighted by molar-refractivity contribution is 5.40. The van der Waals surface area contributed by atoms with Crippen molar-refractivity contribution in [1.82, 2.24) is 0 Å². The van der Waals surface area contributed by atoms with Gasteiger partial charge in [0.2, 0.25) is 0 Å². The molecule has 0 aliphatic heterocycles. The zero-order valence-corrected chi connectivity index (χ0v) is 9.74. The molecule has 1 aliphatic rings. The highest BCUT2D eigenvalue weighted by atomic mass is 14.5. The summed E-state index contributed by atoms with van der Waals surface area (Å²) < 4.78 is 0. The van der Waals surface area contributed by atoms with E-state index in [0.29, 0.717) is 0 Å². The molecule has 1 saturated carbocycles. The van der Waals surface area contributed by atoms with Crippen LogP contribution in [0.2, 0.25) is 0 Å². The van der Waals surface area contributed by atoms with Crippen LogP contribution in [0.25, 0.3) is 0 Å². The van der Waals surface area contributed by atoms with Crippen LogP contribution in [0.15, 0.2) is 24.3 Å². The fourth-order valence-electron chi connectivity index (χ4n) is 2.62. The van der Waals surface area contributed by atoms with Crippen LogP contribution in [-0.4, -0.2) is 0 Å². The molecule has 1 fully saturated rings. The molecule has 3 atom stereocenters. The number of nitrogens with two attached hydrogens (primary N) is 1. The highest BCUT2D eigenvalue weighted by Gasteiger charge is 2.25. The van der Waals surface area contributed by atoms with E-state index in [9.17, 15) is 0 Å². The topological polar surface area (TPSA) is 26.0 Å². The first-order chi connectivity index (χ1) is 7.16. The van der Waals surface area contributed by atoms with Gasteiger partial charge in [-0.05, 0) is 54.7 Å². The standard InChI is InChI=1S/C14H21N/c1-10-3-4-13(9-11(10)2)12-5-7-14(15)8-6-12/h5-8,10-11,13H,3-4,9,15H2,1-2H3/t10-,11+,13-/m1/s1. The quantitative estimate of drug-likeness (QED) is 0.690. The minimum atomic E-state index is 0.761. The van der Waals surface area contributed by atoms with E-state index in [2.05, 4.69) is 26.0 Å². The number of rotatable bonds is 1. The van der Waals surface area contributed by atoms with Gasteiger partial charge >= 0.3 is 0 Å². The zero-order chi connectivity index (χ0) is 10.8. The fraction of sp³-hybridized carbons (Fsp3) is 0.571. The molecular weight excluding hydrogens is 182 g/mol. The maximum atomic E-state index is 5.71. The van der Waals surface area contributed by atoms with Crippen LogP contribution in [0.1, 0.15) is 44.6 Å². The zero-order valence-electron chi connectivity index (χ0n) is 9.74. The molecule has 0 radical (unpaired) electrons. The van der Waals surface area contributed by atoms with E-state index in [4.69, 9.17) is 5.73 Å². The summed E-state index contributed by atoms with van der Waals surface area (Å²) in [6, 6.07) is 8.45. The monoisotopic (exact) mass is 203 g/mol. The predicted octanol–water partition coefficient (Wildman–Crippen LogP) is 3.81. The van der Waals surface area contributed by atoms with Gasteiger partial charge < -0.3 is 5.73 Å². The lowest BCUT2D eigenvalue weighted by atomic mass is 9.73. The van der Waals surface area contributed by atoms with E-state index in [1.807, 2.05) is 12.1 Å². The average Bonchev–Trinajstić information content (AvgIpc) is 2.23. The number of hydrogen-bond donors (Lipinski definition) is 1. The van der Waals surface area contributed by atoms with Crippen molar-refractivity contribution in [1.29, 1.82) is 0 Å². The normalized spacial score (nSPS) is 31.5. The maximum absolute atomic E-state index is 5.71. The van der Waals surface area contributed by atoms with E-state index in [-0.39, 0.29) is 0 Å². The first-order valence-corrected chi connectivity index (χ1v) is 6.02. The van der Waals surface area contributed by atoms with Crippen molar-refractivity contribution in [3.8, 4) is 0 Å². The Labute approximate surface area is 92.7 Å². The van der Waals surface area contributed by atoms with Gasteiger partial charge in [0.1, 0.15) is 0 Å². The summed E-state index contributed by atoms with van der Waals surface area (Å²) in [5.41, 5.74) is 8.05. The summed E-state index contributed by atoms with van der Waals surface area (Å²) in [6.45, 7) is 4.76.